The minimum Gasteiger partial charge on any atom is -0.339 e. The molecule has 0 saturated heterocycles. The highest BCUT2D eigenvalue weighted by Crippen LogP contribution is 2.19. The monoisotopic (exact) mass is 307 g/mol. The second-order valence-electron chi connectivity index (χ2n) is 5.96. The van der Waals surface area contributed by atoms with Crippen LogP contribution in [0.1, 0.15) is 23.9 Å². The molecule has 0 radical (unpaired) electrons. The normalized spacial score (nSPS) is 10.9. The summed E-state index contributed by atoms with van der Waals surface area (Å²) in [6.45, 7) is 4.92. The lowest BCUT2D eigenvalue weighted by Gasteiger charge is -2.16. The van der Waals surface area contributed by atoms with Crippen LogP contribution in [0.2, 0.25) is 0 Å². The molecule has 4 heteroatoms. The van der Waals surface area contributed by atoms with E-state index >= 15 is 0 Å². The van der Waals surface area contributed by atoms with Gasteiger partial charge in [0.15, 0.2) is 0 Å². The fourth-order valence-corrected chi connectivity index (χ4v) is 2.62. The predicted octanol–water partition coefficient (Wildman–Crippen LogP) is 3.37. The van der Waals surface area contributed by atoms with Crippen LogP contribution in [-0.4, -0.2) is 27.4 Å². The van der Waals surface area contributed by atoms with Gasteiger partial charge in [-0.1, -0.05) is 42.0 Å². The van der Waals surface area contributed by atoms with Crippen LogP contribution < -0.4 is 0 Å². The number of carbonyl (C=O) groups excluding carboxylic acids is 1. The molecule has 0 aliphatic rings. The van der Waals surface area contributed by atoms with Crippen molar-refractivity contribution in [3.63, 3.8) is 0 Å². The van der Waals surface area contributed by atoms with Crippen molar-refractivity contribution in [2.45, 2.75) is 26.9 Å². The SMILES string of the molecule is CC(=O)N(C)Cc1nc2ccccc2n1Cc1ccc(C)cc1. The number of imidazole rings is 1. The van der Waals surface area contributed by atoms with Gasteiger partial charge in [-0.2, -0.15) is 0 Å². The van der Waals surface area contributed by atoms with E-state index in [1.54, 1.807) is 18.9 Å². The van der Waals surface area contributed by atoms with Gasteiger partial charge in [0.2, 0.25) is 5.91 Å². The van der Waals surface area contributed by atoms with E-state index in [4.69, 9.17) is 4.98 Å². The molecule has 23 heavy (non-hydrogen) atoms. The zero-order valence-corrected chi connectivity index (χ0v) is 13.8. The third-order valence-corrected chi connectivity index (χ3v) is 4.11. The predicted molar refractivity (Wildman–Crippen MR) is 92.2 cm³/mol. The first-order valence-corrected chi connectivity index (χ1v) is 7.76. The van der Waals surface area contributed by atoms with Crippen LogP contribution in [0.3, 0.4) is 0 Å². The minimum absolute atomic E-state index is 0.0407. The molecule has 118 valence electrons. The quantitative estimate of drug-likeness (QED) is 0.741. The molecule has 0 N–H and O–H groups in total. The molecule has 0 fully saturated rings. The first kappa shape index (κ1) is 15.3. The van der Waals surface area contributed by atoms with E-state index in [-0.39, 0.29) is 5.91 Å². The highest BCUT2D eigenvalue weighted by atomic mass is 16.2. The van der Waals surface area contributed by atoms with Gasteiger partial charge in [0, 0.05) is 20.5 Å². The van der Waals surface area contributed by atoms with Crippen molar-refractivity contribution in [1.29, 1.82) is 0 Å². The second kappa shape index (κ2) is 6.24. The topological polar surface area (TPSA) is 38.1 Å². The van der Waals surface area contributed by atoms with E-state index < -0.39 is 0 Å². The summed E-state index contributed by atoms with van der Waals surface area (Å²) in [5.74, 6) is 0.948. The van der Waals surface area contributed by atoms with Crippen LogP contribution in [0.25, 0.3) is 11.0 Å². The average molecular weight is 307 g/mol. The van der Waals surface area contributed by atoms with Gasteiger partial charge >= 0.3 is 0 Å². The van der Waals surface area contributed by atoms with E-state index in [0.29, 0.717) is 6.54 Å². The molecular formula is C19H21N3O. The van der Waals surface area contributed by atoms with Crippen molar-refractivity contribution in [2.24, 2.45) is 0 Å². The first-order valence-electron chi connectivity index (χ1n) is 7.76. The van der Waals surface area contributed by atoms with Gasteiger partial charge in [-0.3, -0.25) is 4.79 Å². The number of benzene rings is 2. The van der Waals surface area contributed by atoms with E-state index in [1.165, 1.54) is 11.1 Å². The lowest BCUT2D eigenvalue weighted by Crippen LogP contribution is -2.25. The van der Waals surface area contributed by atoms with Gasteiger partial charge in [0.25, 0.3) is 0 Å². The third-order valence-electron chi connectivity index (χ3n) is 4.11. The molecule has 0 aliphatic carbocycles. The molecule has 1 amide bonds. The summed E-state index contributed by atoms with van der Waals surface area (Å²) >= 11 is 0. The Morgan fingerprint density at radius 2 is 1.83 bits per heavy atom. The van der Waals surface area contributed by atoms with Crippen molar-refractivity contribution in [3.8, 4) is 0 Å². The molecule has 0 atom stereocenters. The summed E-state index contributed by atoms with van der Waals surface area (Å²) in [5.41, 5.74) is 4.54. The van der Waals surface area contributed by atoms with Gasteiger partial charge in [-0.15, -0.1) is 0 Å². The summed E-state index contributed by atoms with van der Waals surface area (Å²) in [7, 11) is 1.80. The number of carbonyl (C=O) groups is 1. The van der Waals surface area contributed by atoms with E-state index in [1.807, 2.05) is 18.2 Å². The Morgan fingerprint density at radius 1 is 1.13 bits per heavy atom. The van der Waals surface area contributed by atoms with Crippen molar-refractivity contribution in [2.75, 3.05) is 7.05 Å². The van der Waals surface area contributed by atoms with Crippen molar-refractivity contribution >= 4 is 16.9 Å². The Bertz CT molecular complexity index is 833. The number of aromatic nitrogens is 2. The molecule has 4 nitrogen and oxygen atoms in total. The third kappa shape index (κ3) is 3.26. The molecule has 3 rings (SSSR count). The van der Waals surface area contributed by atoms with Crippen LogP contribution in [0, 0.1) is 6.92 Å². The highest BCUT2D eigenvalue weighted by molar-refractivity contribution is 5.76. The zero-order chi connectivity index (χ0) is 16.4. The minimum atomic E-state index is 0.0407. The Hall–Kier alpha value is -2.62. The lowest BCUT2D eigenvalue weighted by atomic mass is 10.1. The first-order chi connectivity index (χ1) is 11.0. The number of hydrogen-bond donors (Lipinski definition) is 0. The van der Waals surface area contributed by atoms with Gasteiger partial charge in [0.05, 0.1) is 17.6 Å². The van der Waals surface area contributed by atoms with Gasteiger partial charge in [-0.25, -0.2) is 4.98 Å². The van der Waals surface area contributed by atoms with Crippen LogP contribution in [0.15, 0.2) is 48.5 Å². The van der Waals surface area contributed by atoms with Crippen molar-refractivity contribution in [1.82, 2.24) is 14.5 Å². The number of rotatable bonds is 4. The number of hydrogen-bond acceptors (Lipinski definition) is 2. The van der Waals surface area contributed by atoms with Crippen LogP contribution in [0.5, 0.6) is 0 Å². The molecule has 1 aromatic heterocycles. The maximum absolute atomic E-state index is 11.6. The molecule has 0 aliphatic heterocycles. The van der Waals surface area contributed by atoms with Gasteiger partial charge in [-0.05, 0) is 24.6 Å². The van der Waals surface area contributed by atoms with Crippen LogP contribution in [0.4, 0.5) is 0 Å². The van der Waals surface area contributed by atoms with E-state index in [0.717, 1.165) is 23.4 Å². The molecule has 0 saturated carbocycles. The maximum atomic E-state index is 11.6. The van der Waals surface area contributed by atoms with E-state index in [2.05, 4.69) is 41.8 Å². The number of para-hydroxylation sites is 2. The molecular weight excluding hydrogens is 286 g/mol. The van der Waals surface area contributed by atoms with Crippen molar-refractivity contribution in [3.05, 3.63) is 65.5 Å². The van der Waals surface area contributed by atoms with E-state index in [9.17, 15) is 4.79 Å². The Morgan fingerprint density at radius 3 is 2.52 bits per heavy atom. The largest absolute Gasteiger partial charge is 0.339 e. The molecule has 0 spiro atoms. The number of amides is 1. The molecule has 3 aromatic rings. The zero-order valence-electron chi connectivity index (χ0n) is 13.8. The lowest BCUT2D eigenvalue weighted by molar-refractivity contribution is -0.128. The Balaban J connectivity index is 2.01. The smallest absolute Gasteiger partial charge is 0.219 e. The van der Waals surface area contributed by atoms with Gasteiger partial charge in [0.1, 0.15) is 5.82 Å². The van der Waals surface area contributed by atoms with Crippen molar-refractivity contribution < 1.29 is 4.79 Å². The second-order valence-corrected chi connectivity index (χ2v) is 5.96. The highest BCUT2D eigenvalue weighted by Gasteiger charge is 2.13. The van der Waals surface area contributed by atoms with Gasteiger partial charge < -0.3 is 9.47 Å². The van der Waals surface area contributed by atoms with Crippen LogP contribution in [-0.2, 0) is 17.9 Å². The Kier molecular flexibility index (Phi) is 4.15. The van der Waals surface area contributed by atoms with Crippen LogP contribution >= 0.6 is 0 Å². The molecule has 0 bridgehead atoms. The fourth-order valence-electron chi connectivity index (χ4n) is 2.62. The summed E-state index contributed by atoms with van der Waals surface area (Å²) in [6, 6.07) is 16.6. The Labute approximate surface area is 136 Å². The number of aryl methyl sites for hydroxylation is 1. The number of nitrogens with zero attached hydrogens (tertiary/aromatic N) is 3. The summed E-state index contributed by atoms with van der Waals surface area (Å²) < 4.78 is 2.19. The fraction of sp³-hybridized carbons (Fsp3) is 0.263. The molecule has 1 heterocycles. The summed E-state index contributed by atoms with van der Waals surface area (Å²) in [4.78, 5) is 18.0. The maximum Gasteiger partial charge on any atom is 0.219 e. The standard InChI is InChI=1S/C19H21N3O/c1-14-8-10-16(11-9-14)12-22-18-7-5-4-6-17(18)20-19(22)13-21(3)15(2)23/h4-11H,12-13H2,1-3H3. The number of fused-ring (bicyclic) bond motifs is 1. The molecule has 0 unspecified atom stereocenters. The summed E-state index contributed by atoms with van der Waals surface area (Å²) in [5, 5.41) is 0. The average Bonchev–Trinajstić information content (AvgIpc) is 2.87. The summed E-state index contributed by atoms with van der Waals surface area (Å²) in [6.07, 6.45) is 0. The molecule has 2 aromatic carbocycles.